The fourth-order valence-corrected chi connectivity index (χ4v) is 6.03. The molecule has 1 aromatic heterocycles. The van der Waals surface area contributed by atoms with Gasteiger partial charge in [0.25, 0.3) is 0 Å². The van der Waals surface area contributed by atoms with Crippen LogP contribution in [0.1, 0.15) is 18.1 Å². The number of amides is 1. The quantitative estimate of drug-likeness (QED) is 0.201. The van der Waals surface area contributed by atoms with Crippen LogP contribution in [-0.2, 0) is 27.9 Å². The normalized spacial score (nSPS) is 11.5. The maximum atomic E-state index is 14.0. The van der Waals surface area contributed by atoms with Gasteiger partial charge in [-0.05, 0) is 54.1 Å². The highest BCUT2D eigenvalue weighted by Crippen LogP contribution is 2.29. The lowest BCUT2D eigenvalue weighted by molar-refractivity contribution is -0.114. The Balaban J connectivity index is 1.57. The average Bonchev–Trinajstić information content (AvgIpc) is 3.38. The van der Waals surface area contributed by atoms with E-state index in [1.165, 1.54) is 23.4 Å². The first-order chi connectivity index (χ1) is 19.3. The molecule has 0 atom stereocenters. The van der Waals surface area contributed by atoms with Gasteiger partial charge >= 0.3 is 0 Å². The van der Waals surface area contributed by atoms with Gasteiger partial charge in [-0.2, -0.15) is 9.40 Å². The third-order valence-electron chi connectivity index (χ3n) is 6.29. The van der Waals surface area contributed by atoms with E-state index in [1.807, 2.05) is 91.1 Å². The molecule has 0 radical (unpaired) electrons. The van der Waals surface area contributed by atoms with E-state index in [4.69, 9.17) is 5.10 Å². The van der Waals surface area contributed by atoms with Crippen molar-refractivity contribution in [3.05, 3.63) is 131 Å². The predicted molar refractivity (Wildman–Crippen MR) is 160 cm³/mol. The van der Waals surface area contributed by atoms with E-state index >= 15 is 0 Å². The van der Waals surface area contributed by atoms with E-state index in [0.717, 1.165) is 26.9 Å². The third-order valence-corrected chi connectivity index (χ3v) is 8.62. The van der Waals surface area contributed by atoms with Gasteiger partial charge in [0.2, 0.25) is 15.9 Å². The molecular weight excluding hydrogens is 588 g/mol. The molecule has 0 fully saturated rings. The number of rotatable bonds is 9. The van der Waals surface area contributed by atoms with E-state index in [-0.39, 0.29) is 23.9 Å². The number of hydrogen-bond acceptors (Lipinski definition) is 4. The number of nitrogens with one attached hydrogen (secondary N) is 1. The van der Waals surface area contributed by atoms with E-state index in [9.17, 15) is 13.2 Å². The Labute approximate surface area is 242 Å². The smallest absolute Gasteiger partial charge is 0.243 e. The fraction of sp³-hybridized carbons (Fsp3) is 0.0968. The summed E-state index contributed by atoms with van der Waals surface area (Å²) in [7, 11) is -3.93. The number of nitrogens with zero attached hydrogens (tertiary/aromatic N) is 3. The van der Waals surface area contributed by atoms with Gasteiger partial charge in [0.15, 0.2) is 0 Å². The first-order valence-corrected chi connectivity index (χ1v) is 14.8. The molecule has 5 rings (SSSR count). The summed E-state index contributed by atoms with van der Waals surface area (Å²) in [5.74, 6) is -0.225. The monoisotopic (exact) mass is 614 g/mol. The summed E-state index contributed by atoms with van der Waals surface area (Å²) in [4.78, 5) is 11.6. The number of benzene rings is 4. The Morgan fingerprint density at radius 3 is 2.10 bits per heavy atom. The predicted octanol–water partition coefficient (Wildman–Crippen LogP) is 6.65. The zero-order chi connectivity index (χ0) is 28.1. The number of carbonyl (C=O) groups is 1. The SMILES string of the molecule is CC(=O)Nc1ccc(S(=O)(=O)N(Cc2ccccc2)Cc2cn(-c3ccccc3)nc2-c2ccc(Br)cc2)cc1. The van der Waals surface area contributed by atoms with Crippen LogP contribution in [0.4, 0.5) is 5.69 Å². The molecule has 0 bridgehead atoms. The van der Waals surface area contributed by atoms with Gasteiger partial charge in [-0.25, -0.2) is 13.1 Å². The Morgan fingerprint density at radius 2 is 1.48 bits per heavy atom. The van der Waals surface area contributed by atoms with Crippen LogP contribution in [0.3, 0.4) is 0 Å². The summed E-state index contributed by atoms with van der Waals surface area (Å²) in [5.41, 5.74) is 4.61. The number of sulfonamides is 1. The van der Waals surface area contributed by atoms with Crippen molar-refractivity contribution in [1.29, 1.82) is 0 Å². The van der Waals surface area contributed by atoms with Crippen molar-refractivity contribution in [1.82, 2.24) is 14.1 Å². The molecule has 0 spiro atoms. The average molecular weight is 616 g/mol. The largest absolute Gasteiger partial charge is 0.326 e. The number of halogens is 1. The van der Waals surface area contributed by atoms with Gasteiger partial charge in [-0.15, -0.1) is 0 Å². The first-order valence-electron chi connectivity index (χ1n) is 12.6. The Hall–Kier alpha value is -4.05. The Morgan fingerprint density at radius 1 is 0.850 bits per heavy atom. The maximum absolute atomic E-state index is 14.0. The third kappa shape index (κ3) is 6.39. The van der Waals surface area contributed by atoms with Crippen molar-refractivity contribution < 1.29 is 13.2 Å². The van der Waals surface area contributed by atoms with Crippen molar-refractivity contribution in [2.75, 3.05) is 5.32 Å². The molecular formula is C31H27BrN4O3S. The molecule has 0 unspecified atom stereocenters. The Bertz CT molecular complexity index is 1700. The van der Waals surface area contributed by atoms with Gasteiger partial charge in [-0.3, -0.25) is 4.79 Å². The highest BCUT2D eigenvalue weighted by molar-refractivity contribution is 9.10. The van der Waals surface area contributed by atoms with Crippen molar-refractivity contribution in [3.63, 3.8) is 0 Å². The molecule has 0 aliphatic heterocycles. The van der Waals surface area contributed by atoms with Crippen LogP contribution in [0.2, 0.25) is 0 Å². The first kappa shape index (κ1) is 27.5. The lowest BCUT2D eigenvalue weighted by Gasteiger charge is -2.23. The van der Waals surface area contributed by atoms with Gasteiger partial charge in [0.05, 0.1) is 16.3 Å². The van der Waals surface area contributed by atoms with Crippen LogP contribution in [0.15, 0.2) is 125 Å². The standard InChI is InChI=1S/C31H27BrN4O3S/c1-23(37)33-28-16-18-30(19-17-28)40(38,39)35(20-24-8-4-2-5-9-24)21-26-22-36(29-10-6-3-7-11-29)34-31(26)25-12-14-27(32)15-13-25/h2-19,22H,20-21H2,1H3,(H,33,37). The molecule has 5 aromatic rings. The lowest BCUT2D eigenvalue weighted by Crippen LogP contribution is -2.30. The molecule has 0 aliphatic carbocycles. The van der Waals surface area contributed by atoms with Crippen LogP contribution >= 0.6 is 15.9 Å². The maximum Gasteiger partial charge on any atom is 0.243 e. The number of hydrogen-bond donors (Lipinski definition) is 1. The molecule has 1 N–H and O–H groups in total. The molecule has 4 aromatic carbocycles. The summed E-state index contributed by atoms with van der Waals surface area (Å²) in [6, 6.07) is 33.2. The molecule has 202 valence electrons. The number of aromatic nitrogens is 2. The zero-order valence-electron chi connectivity index (χ0n) is 21.7. The van der Waals surface area contributed by atoms with Crippen LogP contribution in [0, 0.1) is 0 Å². The minimum atomic E-state index is -3.93. The van der Waals surface area contributed by atoms with Crippen molar-refractivity contribution in [2.45, 2.75) is 24.9 Å². The highest BCUT2D eigenvalue weighted by Gasteiger charge is 2.27. The number of carbonyl (C=O) groups excluding carboxylic acids is 1. The molecule has 7 nitrogen and oxygen atoms in total. The van der Waals surface area contributed by atoms with Crippen LogP contribution in [0.5, 0.6) is 0 Å². The van der Waals surface area contributed by atoms with Gasteiger partial charge < -0.3 is 5.32 Å². The summed E-state index contributed by atoms with van der Waals surface area (Å²) >= 11 is 3.49. The van der Waals surface area contributed by atoms with E-state index in [1.54, 1.807) is 16.8 Å². The topological polar surface area (TPSA) is 84.3 Å². The molecule has 0 saturated heterocycles. The summed E-state index contributed by atoms with van der Waals surface area (Å²) in [5, 5.41) is 7.55. The summed E-state index contributed by atoms with van der Waals surface area (Å²) in [6.07, 6.45) is 1.89. The van der Waals surface area contributed by atoms with E-state index < -0.39 is 10.0 Å². The van der Waals surface area contributed by atoms with Crippen molar-refractivity contribution in [2.24, 2.45) is 0 Å². The lowest BCUT2D eigenvalue weighted by atomic mass is 10.1. The van der Waals surface area contributed by atoms with Gasteiger partial charge in [-0.1, -0.05) is 76.6 Å². The zero-order valence-corrected chi connectivity index (χ0v) is 24.1. The van der Waals surface area contributed by atoms with E-state index in [0.29, 0.717) is 11.4 Å². The number of anilines is 1. The molecule has 1 amide bonds. The minimum absolute atomic E-state index is 0.100. The summed E-state index contributed by atoms with van der Waals surface area (Å²) < 4.78 is 32.3. The Kier molecular flexibility index (Phi) is 8.25. The van der Waals surface area contributed by atoms with E-state index in [2.05, 4.69) is 21.2 Å². The number of para-hydroxylation sites is 1. The second kappa shape index (κ2) is 12.0. The molecule has 9 heteroatoms. The second-order valence-corrected chi connectivity index (χ2v) is 12.1. The van der Waals surface area contributed by atoms with Crippen molar-refractivity contribution >= 4 is 37.5 Å². The molecule has 0 aliphatic rings. The highest BCUT2D eigenvalue weighted by atomic mass is 79.9. The van der Waals surface area contributed by atoms with Crippen molar-refractivity contribution in [3.8, 4) is 16.9 Å². The van der Waals surface area contributed by atoms with Gasteiger partial charge in [0.1, 0.15) is 0 Å². The molecule has 0 saturated carbocycles. The second-order valence-electron chi connectivity index (χ2n) is 9.25. The minimum Gasteiger partial charge on any atom is -0.326 e. The van der Waals surface area contributed by atoms with Crippen LogP contribution < -0.4 is 5.32 Å². The molecule has 1 heterocycles. The van der Waals surface area contributed by atoms with Crippen LogP contribution in [-0.4, -0.2) is 28.4 Å². The summed E-state index contributed by atoms with van der Waals surface area (Å²) in [6.45, 7) is 1.68. The molecule has 40 heavy (non-hydrogen) atoms. The fourth-order valence-electron chi connectivity index (χ4n) is 4.35. The van der Waals surface area contributed by atoms with Crippen LogP contribution in [0.25, 0.3) is 16.9 Å². The van der Waals surface area contributed by atoms with Gasteiger partial charge in [0, 0.05) is 47.5 Å².